The third kappa shape index (κ3) is 3.24. The Morgan fingerprint density at radius 3 is 2.28 bits per heavy atom. The van der Waals surface area contributed by atoms with Gasteiger partial charge in [-0.15, -0.1) is 0 Å². The van der Waals surface area contributed by atoms with Gasteiger partial charge in [0.25, 0.3) is 0 Å². The van der Waals surface area contributed by atoms with E-state index in [9.17, 15) is 0 Å². The molecule has 0 aliphatic carbocycles. The Morgan fingerprint density at radius 2 is 1.67 bits per heavy atom. The molecule has 0 fully saturated rings. The van der Waals surface area contributed by atoms with Crippen LogP contribution >= 0.6 is 0 Å². The first kappa shape index (κ1) is 12.4. The highest BCUT2D eigenvalue weighted by Gasteiger charge is 2.02. The van der Waals surface area contributed by atoms with Gasteiger partial charge >= 0.3 is 0 Å². The van der Waals surface area contributed by atoms with Crippen LogP contribution in [-0.4, -0.2) is 6.61 Å². The monoisotopic (exact) mass is 238 g/mol. The molecule has 0 saturated heterocycles. The second-order valence-corrected chi connectivity index (χ2v) is 4.22. The molecule has 2 aromatic rings. The zero-order chi connectivity index (χ0) is 12.8. The fourth-order valence-corrected chi connectivity index (χ4v) is 1.78. The molecule has 92 valence electrons. The molecule has 0 bridgehead atoms. The van der Waals surface area contributed by atoms with Crippen molar-refractivity contribution in [1.82, 2.24) is 0 Å². The number of hydrogen-bond donors (Lipinski definition) is 0. The maximum absolute atomic E-state index is 5.73. The second kappa shape index (κ2) is 6.06. The fraction of sp³-hybridized carbons (Fsp3) is 0.176. The van der Waals surface area contributed by atoms with Crippen LogP contribution in [0.2, 0.25) is 0 Å². The summed E-state index contributed by atoms with van der Waals surface area (Å²) in [7, 11) is 0. The van der Waals surface area contributed by atoms with E-state index in [1.165, 1.54) is 5.56 Å². The number of aryl methyl sites for hydroxylation is 1. The molecular formula is C17H18O. The van der Waals surface area contributed by atoms with Gasteiger partial charge in [-0.2, -0.15) is 0 Å². The van der Waals surface area contributed by atoms with E-state index in [4.69, 9.17) is 4.74 Å². The van der Waals surface area contributed by atoms with Gasteiger partial charge in [0.05, 0.1) is 6.61 Å². The highest BCUT2D eigenvalue weighted by molar-refractivity contribution is 5.77. The Kier molecular flexibility index (Phi) is 4.19. The zero-order valence-electron chi connectivity index (χ0n) is 10.9. The van der Waals surface area contributed by atoms with Gasteiger partial charge in [-0.25, -0.2) is 0 Å². The van der Waals surface area contributed by atoms with Crippen LogP contribution in [0.5, 0.6) is 0 Å². The molecule has 0 amide bonds. The molecule has 18 heavy (non-hydrogen) atoms. The molecule has 0 aliphatic heterocycles. The lowest BCUT2D eigenvalue weighted by atomic mass is 10.1. The van der Waals surface area contributed by atoms with Crippen molar-refractivity contribution in [2.75, 3.05) is 6.61 Å². The minimum absolute atomic E-state index is 0.673. The van der Waals surface area contributed by atoms with E-state index in [0.717, 1.165) is 16.9 Å². The molecule has 0 saturated carbocycles. The average Bonchev–Trinajstić information content (AvgIpc) is 2.40. The predicted octanol–water partition coefficient (Wildman–Crippen LogP) is 4.53. The molecule has 0 atom stereocenters. The van der Waals surface area contributed by atoms with Gasteiger partial charge in [0, 0.05) is 5.56 Å². The summed E-state index contributed by atoms with van der Waals surface area (Å²) in [5, 5.41) is 0. The maximum Gasteiger partial charge on any atom is 0.127 e. The molecule has 0 aliphatic rings. The van der Waals surface area contributed by atoms with Crippen LogP contribution in [0.3, 0.4) is 0 Å². The van der Waals surface area contributed by atoms with Crippen molar-refractivity contribution in [1.29, 1.82) is 0 Å². The molecule has 2 aromatic carbocycles. The lowest BCUT2D eigenvalue weighted by molar-refractivity contribution is 0.300. The molecule has 1 heteroatoms. The maximum atomic E-state index is 5.73. The zero-order valence-corrected chi connectivity index (χ0v) is 10.9. The number of ether oxygens (including phenoxy) is 1. The SMILES string of the molecule is CCO/C(=C/c1ccccc1)c1ccc(C)cc1. The topological polar surface area (TPSA) is 9.23 Å². The van der Waals surface area contributed by atoms with Crippen LogP contribution in [0.1, 0.15) is 23.6 Å². The summed E-state index contributed by atoms with van der Waals surface area (Å²) in [4.78, 5) is 0. The average molecular weight is 238 g/mol. The Hall–Kier alpha value is -2.02. The number of hydrogen-bond acceptors (Lipinski definition) is 1. The summed E-state index contributed by atoms with van der Waals surface area (Å²) < 4.78 is 5.73. The smallest absolute Gasteiger partial charge is 0.127 e. The molecule has 0 heterocycles. The van der Waals surface area contributed by atoms with Crippen LogP contribution in [0, 0.1) is 6.92 Å². The van der Waals surface area contributed by atoms with Gasteiger partial charge in [-0.1, -0.05) is 60.2 Å². The van der Waals surface area contributed by atoms with E-state index >= 15 is 0 Å². The van der Waals surface area contributed by atoms with Gasteiger partial charge in [0.2, 0.25) is 0 Å². The first-order chi connectivity index (χ1) is 8.79. The van der Waals surface area contributed by atoms with E-state index in [0.29, 0.717) is 6.61 Å². The van der Waals surface area contributed by atoms with E-state index < -0.39 is 0 Å². The molecule has 0 unspecified atom stereocenters. The molecule has 0 spiro atoms. The van der Waals surface area contributed by atoms with E-state index in [1.807, 2.05) is 25.1 Å². The number of rotatable bonds is 4. The van der Waals surface area contributed by atoms with Crippen LogP contribution in [0.25, 0.3) is 11.8 Å². The lowest BCUT2D eigenvalue weighted by Crippen LogP contribution is -1.92. The van der Waals surface area contributed by atoms with Crippen molar-refractivity contribution in [2.24, 2.45) is 0 Å². The van der Waals surface area contributed by atoms with E-state index in [1.54, 1.807) is 0 Å². The lowest BCUT2D eigenvalue weighted by Gasteiger charge is -2.09. The minimum Gasteiger partial charge on any atom is -0.493 e. The molecule has 0 N–H and O–H groups in total. The Balaban J connectivity index is 2.33. The molecule has 0 radical (unpaired) electrons. The quantitative estimate of drug-likeness (QED) is 0.561. The molecule has 2 rings (SSSR count). The van der Waals surface area contributed by atoms with Gasteiger partial charge in [0.15, 0.2) is 0 Å². The van der Waals surface area contributed by atoms with Crippen molar-refractivity contribution < 1.29 is 4.74 Å². The van der Waals surface area contributed by atoms with Crippen LogP contribution in [0.15, 0.2) is 54.6 Å². The van der Waals surface area contributed by atoms with E-state index in [-0.39, 0.29) is 0 Å². The Labute approximate surface area is 109 Å². The fourth-order valence-electron chi connectivity index (χ4n) is 1.78. The first-order valence-corrected chi connectivity index (χ1v) is 6.26. The van der Waals surface area contributed by atoms with Crippen molar-refractivity contribution in [3.8, 4) is 0 Å². The number of benzene rings is 2. The first-order valence-electron chi connectivity index (χ1n) is 6.26. The van der Waals surface area contributed by atoms with Gasteiger partial charge in [0.1, 0.15) is 5.76 Å². The van der Waals surface area contributed by atoms with Crippen molar-refractivity contribution >= 4 is 11.8 Å². The van der Waals surface area contributed by atoms with Crippen molar-refractivity contribution in [2.45, 2.75) is 13.8 Å². The normalized spacial score (nSPS) is 11.3. The highest BCUT2D eigenvalue weighted by Crippen LogP contribution is 2.20. The second-order valence-electron chi connectivity index (χ2n) is 4.22. The molecule has 0 aromatic heterocycles. The summed E-state index contributed by atoms with van der Waals surface area (Å²) in [6.45, 7) is 4.77. The van der Waals surface area contributed by atoms with Crippen LogP contribution < -0.4 is 0 Å². The van der Waals surface area contributed by atoms with Gasteiger partial charge < -0.3 is 4.74 Å². The molecular weight excluding hydrogens is 220 g/mol. The van der Waals surface area contributed by atoms with Crippen LogP contribution in [-0.2, 0) is 4.74 Å². The van der Waals surface area contributed by atoms with Crippen molar-refractivity contribution in [3.63, 3.8) is 0 Å². The van der Waals surface area contributed by atoms with Crippen molar-refractivity contribution in [3.05, 3.63) is 71.3 Å². The summed E-state index contributed by atoms with van der Waals surface area (Å²) in [5.41, 5.74) is 3.53. The van der Waals surface area contributed by atoms with E-state index in [2.05, 4.69) is 49.4 Å². The molecule has 1 nitrogen and oxygen atoms in total. The van der Waals surface area contributed by atoms with Gasteiger partial charge in [-0.05, 0) is 25.5 Å². The predicted molar refractivity (Wildman–Crippen MR) is 77.1 cm³/mol. The standard InChI is InChI=1S/C17H18O/c1-3-18-17(13-15-7-5-4-6-8-15)16-11-9-14(2)10-12-16/h4-13H,3H2,1-2H3/b17-13+. The van der Waals surface area contributed by atoms with Crippen LogP contribution in [0.4, 0.5) is 0 Å². The minimum atomic E-state index is 0.673. The Morgan fingerprint density at radius 1 is 1.00 bits per heavy atom. The third-order valence-corrected chi connectivity index (χ3v) is 2.73. The summed E-state index contributed by atoms with van der Waals surface area (Å²) in [6.07, 6.45) is 2.08. The largest absolute Gasteiger partial charge is 0.493 e. The summed E-state index contributed by atoms with van der Waals surface area (Å²) in [6, 6.07) is 18.6. The highest BCUT2D eigenvalue weighted by atomic mass is 16.5. The Bertz CT molecular complexity index is 509. The summed E-state index contributed by atoms with van der Waals surface area (Å²) >= 11 is 0. The summed E-state index contributed by atoms with van der Waals surface area (Å²) in [5.74, 6) is 0.920. The third-order valence-electron chi connectivity index (χ3n) is 2.73. The van der Waals surface area contributed by atoms with Gasteiger partial charge in [-0.3, -0.25) is 0 Å².